The minimum Gasteiger partial charge on any atom is -0.341 e. The van der Waals surface area contributed by atoms with Crippen molar-refractivity contribution in [1.29, 1.82) is 0 Å². The Bertz CT molecular complexity index is 757. The summed E-state index contributed by atoms with van der Waals surface area (Å²) >= 11 is 0. The van der Waals surface area contributed by atoms with Crippen LogP contribution in [0.2, 0.25) is 0 Å². The number of hydrogen-bond donors (Lipinski definition) is 0. The molecule has 6 heteroatoms. The summed E-state index contributed by atoms with van der Waals surface area (Å²) in [5.41, 5.74) is 2.63. The molecule has 6 nitrogen and oxygen atoms in total. The second-order valence-corrected chi connectivity index (χ2v) is 7.54. The van der Waals surface area contributed by atoms with Gasteiger partial charge in [-0.25, -0.2) is 0 Å². The minimum absolute atomic E-state index is 0.0214. The molecule has 1 aromatic carbocycles. The van der Waals surface area contributed by atoms with E-state index in [1.165, 1.54) is 0 Å². The van der Waals surface area contributed by atoms with Gasteiger partial charge in [0.1, 0.15) is 0 Å². The number of aryl methyl sites for hydroxylation is 1. The summed E-state index contributed by atoms with van der Waals surface area (Å²) < 4.78 is 0. The van der Waals surface area contributed by atoms with Crippen molar-refractivity contribution in [2.75, 3.05) is 38.1 Å². The third-order valence-electron chi connectivity index (χ3n) is 5.69. The van der Waals surface area contributed by atoms with Crippen LogP contribution in [0, 0.1) is 5.92 Å². The van der Waals surface area contributed by atoms with Gasteiger partial charge in [-0.2, -0.15) is 0 Å². The van der Waals surface area contributed by atoms with E-state index in [-0.39, 0.29) is 23.6 Å². The molecule has 2 fully saturated rings. The van der Waals surface area contributed by atoms with Gasteiger partial charge in [-0.3, -0.25) is 14.4 Å². The van der Waals surface area contributed by atoms with E-state index >= 15 is 0 Å². The molecular weight excluding hydrogens is 330 g/mol. The molecule has 3 amide bonds. The summed E-state index contributed by atoms with van der Waals surface area (Å²) in [4.78, 5) is 42.5. The highest BCUT2D eigenvalue weighted by Gasteiger charge is 2.34. The number of fused-ring (bicyclic) bond motifs is 1. The van der Waals surface area contributed by atoms with Gasteiger partial charge in [-0.15, -0.1) is 0 Å². The Morgan fingerprint density at radius 1 is 1.00 bits per heavy atom. The third kappa shape index (κ3) is 3.20. The van der Waals surface area contributed by atoms with Crippen molar-refractivity contribution in [3.63, 3.8) is 0 Å². The number of carbonyl (C=O) groups is 3. The van der Waals surface area contributed by atoms with Crippen LogP contribution in [-0.2, 0) is 16.0 Å². The Kier molecular flexibility index (Phi) is 4.42. The lowest BCUT2D eigenvalue weighted by molar-refractivity contribution is -0.132. The summed E-state index contributed by atoms with van der Waals surface area (Å²) in [6.07, 6.45) is 4.03. The van der Waals surface area contributed by atoms with Gasteiger partial charge in [0.15, 0.2) is 0 Å². The van der Waals surface area contributed by atoms with E-state index in [1.807, 2.05) is 28.0 Å². The molecule has 0 spiro atoms. The van der Waals surface area contributed by atoms with E-state index in [0.29, 0.717) is 38.0 Å². The van der Waals surface area contributed by atoms with Crippen molar-refractivity contribution < 1.29 is 14.4 Å². The summed E-state index contributed by atoms with van der Waals surface area (Å²) in [6, 6.07) is 5.62. The number of amides is 3. The minimum atomic E-state index is 0.0214. The van der Waals surface area contributed by atoms with Crippen molar-refractivity contribution in [1.82, 2.24) is 9.80 Å². The molecule has 4 rings (SSSR count). The molecule has 0 bridgehead atoms. The molecule has 0 radical (unpaired) electrons. The van der Waals surface area contributed by atoms with Crippen LogP contribution < -0.4 is 4.90 Å². The first-order valence-corrected chi connectivity index (χ1v) is 9.52. The molecular formula is C20H25N3O3. The van der Waals surface area contributed by atoms with Crippen LogP contribution in [0.3, 0.4) is 0 Å². The Balaban J connectivity index is 1.46. The predicted molar refractivity (Wildman–Crippen MR) is 98.0 cm³/mol. The molecule has 0 unspecified atom stereocenters. The van der Waals surface area contributed by atoms with Gasteiger partial charge in [0.05, 0.1) is 0 Å². The molecule has 0 N–H and O–H groups in total. The van der Waals surface area contributed by atoms with E-state index in [4.69, 9.17) is 0 Å². The third-order valence-corrected chi connectivity index (χ3v) is 5.69. The Hall–Kier alpha value is -2.37. The maximum atomic E-state index is 12.9. The average molecular weight is 355 g/mol. The zero-order valence-corrected chi connectivity index (χ0v) is 15.2. The lowest BCUT2D eigenvalue weighted by Crippen LogP contribution is -2.38. The SMILES string of the molecule is CN1C(=O)CCc2cc(C(=O)N3CCCN(C(=O)C4CC4)CC3)ccc21. The fourth-order valence-corrected chi connectivity index (χ4v) is 3.90. The number of nitrogens with zero attached hydrogens (tertiary/aromatic N) is 3. The number of rotatable bonds is 2. The monoisotopic (exact) mass is 355 g/mol. The van der Waals surface area contributed by atoms with Crippen molar-refractivity contribution >= 4 is 23.4 Å². The van der Waals surface area contributed by atoms with Crippen molar-refractivity contribution in [3.8, 4) is 0 Å². The summed E-state index contributed by atoms with van der Waals surface area (Å²) in [5, 5.41) is 0. The second-order valence-electron chi connectivity index (χ2n) is 7.54. The van der Waals surface area contributed by atoms with E-state index in [0.717, 1.165) is 37.1 Å². The van der Waals surface area contributed by atoms with Crippen molar-refractivity contribution in [2.24, 2.45) is 5.92 Å². The quantitative estimate of drug-likeness (QED) is 0.811. The topological polar surface area (TPSA) is 60.9 Å². The molecule has 2 heterocycles. The molecule has 1 saturated carbocycles. The average Bonchev–Trinajstić information content (AvgIpc) is 3.50. The fraction of sp³-hybridized carbons (Fsp3) is 0.550. The molecule has 138 valence electrons. The summed E-state index contributed by atoms with van der Waals surface area (Å²) in [5.74, 6) is 0.635. The van der Waals surface area contributed by atoms with Crippen LogP contribution >= 0.6 is 0 Å². The number of hydrogen-bond acceptors (Lipinski definition) is 3. The van der Waals surface area contributed by atoms with Crippen LogP contribution in [-0.4, -0.2) is 60.7 Å². The van der Waals surface area contributed by atoms with E-state index < -0.39 is 0 Å². The number of anilines is 1. The van der Waals surface area contributed by atoms with Gasteiger partial charge in [0.25, 0.3) is 5.91 Å². The van der Waals surface area contributed by atoms with Gasteiger partial charge < -0.3 is 14.7 Å². The lowest BCUT2D eigenvalue weighted by atomic mass is 9.98. The summed E-state index contributed by atoms with van der Waals surface area (Å²) in [6.45, 7) is 2.65. The molecule has 26 heavy (non-hydrogen) atoms. The molecule has 3 aliphatic rings. The van der Waals surface area contributed by atoms with Crippen LogP contribution in [0.5, 0.6) is 0 Å². The van der Waals surface area contributed by atoms with E-state index in [2.05, 4.69) is 0 Å². The van der Waals surface area contributed by atoms with Gasteiger partial charge in [-0.05, 0) is 49.4 Å². The predicted octanol–water partition coefficient (Wildman–Crippen LogP) is 1.68. The standard InChI is InChI=1S/C20H25N3O3/c1-21-17-7-5-16(13-15(17)6-8-18(21)24)20(26)23-10-2-9-22(11-12-23)19(25)14-3-4-14/h5,7,13-14H,2-4,6,8-12H2,1H3. The van der Waals surface area contributed by atoms with Crippen LogP contribution in [0.15, 0.2) is 18.2 Å². The smallest absolute Gasteiger partial charge is 0.253 e. The Labute approximate surface area is 153 Å². The van der Waals surface area contributed by atoms with Crippen molar-refractivity contribution in [2.45, 2.75) is 32.1 Å². The maximum absolute atomic E-state index is 12.9. The molecule has 0 atom stereocenters. The van der Waals surface area contributed by atoms with Crippen LogP contribution in [0.25, 0.3) is 0 Å². The normalized spacial score (nSPS) is 20.7. The fourth-order valence-electron chi connectivity index (χ4n) is 3.90. The van der Waals surface area contributed by atoms with Gasteiger partial charge in [0, 0.05) is 56.8 Å². The molecule has 2 aliphatic heterocycles. The molecule has 1 saturated heterocycles. The first-order chi connectivity index (χ1) is 12.5. The van der Waals surface area contributed by atoms with Gasteiger partial charge in [-0.1, -0.05) is 0 Å². The Morgan fingerprint density at radius 3 is 2.50 bits per heavy atom. The zero-order valence-electron chi connectivity index (χ0n) is 15.2. The molecule has 1 aromatic rings. The zero-order chi connectivity index (χ0) is 18.3. The molecule has 0 aromatic heterocycles. The number of carbonyl (C=O) groups excluding carboxylic acids is 3. The van der Waals surface area contributed by atoms with Gasteiger partial charge >= 0.3 is 0 Å². The first-order valence-electron chi connectivity index (χ1n) is 9.52. The highest BCUT2D eigenvalue weighted by Crippen LogP contribution is 2.31. The first kappa shape index (κ1) is 17.1. The van der Waals surface area contributed by atoms with Gasteiger partial charge in [0.2, 0.25) is 11.8 Å². The largest absolute Gasteiger partial charge is 0.341 e. The maximum Gasteiger partial charge on any atom is 0.253 e. The summed E-state index contributed by atoms with van der Waals surface area (Å²) in [7, 11) is 1.78. The lowest BCUT2D eigenvalue weighted by Gasteiger charge is -2.27. The van der Waals surface area contributed by atoms with E-state index in [9.17, 15) is 14.4 Å². The van der Waals surface area contributed by atoms with Crippen molar-refractivity contribution in [3.05, 3.63) is 29.3 Å². The van der Waals surface area contributed by atoms with E-state index in [1.54, 1.807) is 11.9 Å². The second kappa shape index (κ2) is 6.74. The highest BCUT2D eigenvalue weighted by atomic mass is 16.2. The molecule has 1 aliphatic carbocycles. The number of benzene rings is 1. The highest BCUT2D eigenvalue weighted by molar-refractivity contribution is 5.99. The van der Waals surface area contributed by atoms with Crippen LogP contribution in [0.4, 0.5) is 5.69 Å². The van der Waals surface area contributed by atoms with Crippen LogP contribution in [0.1, 0.15) is 41.6 Å². The Morgan fingerprint density at radius 2 is 1.73 bits per heavy atom.